The number of sulfonamides is 1. The summed E-state index contributed by atoms with van der Waals surface area (Å²) in [6, 6.07) is 15.5. The summed E-state index contributed by atoms with van der Waals surface area (Å²) in [5.41, 5.74) is 1.15. The van der Waals surface area contributed by atoms with E-state index in [0.29, 0.717) is 11.4 Å². The minimum absolute atomic E-state index is 0.0104. The molecule has 2 aromatic carbocycles. The average molecular weight is 316 g/mol. The molecule has 1 N–H and O–H groups in total. The van der Waals surface area contributed by atoms with E-state index in [9.17, 15) is 12.8 Å². The smallest absolute Gasteiger partial charge is 0.261 e. The summed E-state index contributed by atoms with van der Waals surface area (Å²) >= 11 is 0. The fraction of sp³-hybridized carbons (Fsp3) is 0. The normalized spacial score (nSPS) is 11.3. The molecule has 0 fully saturated rings. The van der Waals surface area contributed by atoms with Crippen molar-refractivity contribution in [3.05, 3.63) is 78.9 Å². The summed E-state index contributed by atoms with van der Waals surface area (Å²) in [5.74, 6) is -0.480. The van der Waals surface area contributed by atoms with Gasteiger partial charge in [-0.2, -0.15) is 0 Å². The van der Waals surface area contributed by atoms with Crippen LogP contribution in [0.25, 0.3) is 5.69 Å². The number of hydrogen-bond acceptors (Lipinski definition) is 2. The molecule has 0 saturated heterocycles. The minimum Gasteiger partial charge on any atom is -0.322 e. The van der Waals surface area contributed by atoms with Gasteiger partial charge in [0.05, 0.1) is 16.3 Å². The SMILES string of the molecule is O=S(=O)(Nc1ccccc1-n1cccc1)c1ccc(F)cc1. The summed E-state index contributed by atoms with van der Waals surface area (Å²) in [4.78, 5) is 0.0104. The maximum atomic E-state index is 12.9. The second kappa shape index (κ2) is 5.65. The highest BCUT2D eigenvalue weighted by atomic mass is 32.2. The van der Waals surface area contributed by atoms with Crippen LogP contribution in [0.15, 0.2) is 78.0 Å². The highest BCUT2D eigenvalue weighted by Crippen LogP contribution is 2.23. The first-order valence-corrected chi connectivity index (χ1v) is 8.05. The maximum Gasteiger partial charge on any atom is 0.261 e. The minimum atomic E-state index is -3.77. The topological polar surface area (TPSA) is 51.1 Å². The molecule has 0 spiro atoms. The lowest BCUT2D eigenvalue weighted by molar-refractivity contribution is 0.599. The van der Waals surface area contributed by atoms with E-state index in [1.54, 1.807) is 12.1 Å². The number of halogens is 1. The lowest BCUT2D eigenvalue weighted by atomic mass is 10.3. The highest BCUT2D eigenvalue weighted by Gasteiger charge is 2.16. The van der Waals surface area contributed by atoms with Crippen LogP contribution in [-0.4, -0.2) is 13.0 Å². The van der Waals surface area contributed by atoms with Crippen LogP contribution in [0.2, 0.25) is 0 Å². The van der Waals surface area contributed by atoms with Crippen molar-refractivity contribution in [1.82, 2.24) is 4.57 Å². The van der Waals surface area contributed by atoms with E-state index in [4.69, 9.17) is 0 Å². The molecule has 0 aliphatic rings. The lowest BCUT2D eigenvalue weighted by Gasteiger charge is -2.13. The van der Waals surface area contributed by atoms with Crippen molar-refractivity contribution in [2.75, 3.05) is 4.72 Å². The zero-order valence-electron chi connectivity index (χ0n) is 11.5. The summed E-state index contributed by atoms with van der Waals surface area (Å²) in [5, 5.41) is 0. The van der Waals surface area contributed by atoms with Crippen molar-refractivity contribution in [3.8, 4) is 5.69 Å². The van der Waals surface area contributed by atoms with Crippen molar-refractivity contribution >= 4 is 15.7 Å². The van der Waals surface area contributed by atoms with Crippen LogP contribution < -0.4 is 4.72 Å². The van der Waals surface area contributed by atoms with Crippen LogP contribution in [0, 0.1) is 5.82 Å². The van der Waals surface area contributed by atoms with Gasteiger partial charge in [-0.05, 0) is 48.5 Å². The molecule has 0 aliphatic carbocycles. The van der Waals surface area contributed by atoms with E-state index < -0.39 is 15.8 Å². The molecule has 1 aromatic heterocycles. The molecular weight excluding hydrogens is 303 g/mol. The van der Waals surface area contributed by atoms with E-state index in [1.807, 2.05) is 41.2 Å². The quantitative estimate of drug-likeness (QED) is 0.802. The molecule has 0 amide bonds. The molecule has 0 unspecified atom stereocenters. The Hall–Kier alpha value is -2.60. The molecular formula is C16H13FN2O2S. The van der Waals surface area contributed by atoms with Gasteiger partial charge in [-0.3, -0.25) is 4.72 Å². The van der Waals surface area contributed by atoms with Gasteiger partial charge in [0.1, 0.15) is 5.82 Å². The van der Waals surface area contributed by atoms with Gasteiger partial charge in [-0.15, -0.1) is 0 Å². The zero-order chi connectivity index (χ0) is 15.6. The van der Waals surface area contributed by atoms with E-state index in [1.165, 1.54) is 12.1 Å². The summed E-state index contributed by atoms with van der Waals surface area (Å²) in [6.07, 6.45) is 3.65. The Morgan fingerprint density at radius 1 is 0.864 bits per heavy atom. The second-order valence-electron chi connectivity index (χ2n) is 4.67. The third-order valence-corrected chi connectivity index (χ3v) is 4.54. The third-order valence-electron chi connectivity index (χ3n) is 3.15. The van der Waals surface area contributed by atoms with Crippen molar-refractivity contribution in [3.63, 3.8) is 0 Å². The molecule has 0 atom stereocenters. The Labute approximate surface area is 127 Å². The first-order valence-electron chi connectivity index (χ1n) is 6.57. The number of para-hydroxylation sites is 2. The van der Waals surface area contributed by atoms with Gasteiger partial charge in [0, 0.05) is 12.4 Å². The molecule has 3 aromatic rings. The van der Waals surface area contributed by atoms with E-state index >= 15 is 0 Å². The molecule has 112 valence electrons. The Balaban J connectivity index is 1.98. The Morgan fingerprint density at radius 2 is 1.50 bits per heavy atom. The zero-order valence-corrected chi connectivity index (χ0v) is 12.3. The molecule has 0 saturated carbocycles. The van der Waals surface area contributed by atoms with Crippen LogP contribution in [0.1, 0.15) is 0 Å². The monoisotopic (exact) mass is 316 g/mol. The number of nitrogens with one attached hydrogen (secondary N) is 1. The first-order chi connectivity index (χ1) is 10.6. The van der Waals surface area contributed by atoms with Gasteiger partial charge >= 0.3 is 0 Å². The molecule has 4 nitrogen and oxygen atoms in total. The van der Waals surface area contributed by atoms with Crippen molar-refractivity contribution in [2.24, 2.45) is 0 Å². The Bertz CT molecular complexity index is 873. The Kier molecular flexibility index (Phi) is 3.68. The first kappa shape index (κ1) is 14.3. The number of rotatable bonds is 4. The summed E-state index contributed by atoms with van der Waals surface area (Å²) in [7, 11) is -3.77. The van der Waals surface area contributed by atoms with Crippen molar-refractivity contribution in [2.45, 2.75) is 4.90 Å². The van der Waals surface area contributed by atoms with Gasteiger partial charge < -0.3 is 4.57 Å². The predicted molar refractivity (Wildman–Crippen MR) is 83.0 cm³/mol. The van der Waals surface area contributed by atoms with Crippen LogP contribution in [0.3, 0.4) is 0 Å². The van der Waals surface area contributed by atoms with Gasteiger partial charge in [-0.1, -0.05) is 12.1 Å². The van der Waals surface area contributed by atoms with Gasteiger partial charge in [0.2, 0.25) is 0 Å². The largest absolute Gasteiger partial charge is 0.322 e. The van der Waals surface area contributed by atoms with Crippen molar-refractivity contribution < 1.29 is 12.8 Å². The molecule has 0 radical (unpaired) electrons. The highest BCUT2D eigenvalue weighted by molar-refractivity contribution is 7.92. The van der Waals surface area contributed by atoms with Crippen LogP contribution in [0.5, 0.6) is 0 Å². The molecule has 3 rings (SSSR count). The van der Waals surface area contributed by atoms with E-state index in [0.717, 1.165) is 12.1 Å². The third kappa shape index (κ3) is 2.87. The molecule has 0 bridgehead atoms. The van der Waals surface area contributed by atoms with Gasteiger partial charge in [0.25, 0.3) is 10.0 Å². The second-order valence-corrected chi connectivity index (χ2v) is 6.35. The van der Waals surface area contributed by atoms with Gasteiger partial charge in [0.15, 0.2) is 0 Å². The number of nitrogens with zero attached hydrogens (tertiary/aromatic N) is 1. The maximum absolute atomic E-state index is 12.9. The fourth-order valence-electron chi connectivity index (χ4n) is 2.10. The number of aromatic nitrogens is 1. The molecule has 1 heterocycles. The Morgan fingerprint density at radius 3 is 2.18 bits per heavy atom. The number of hydrogen-bond donors (Lipinski definition) is 1. The fourth-order valence-corrected chi connectivity index (χ4v) is 3.17. The lowest BCUT2D eigenvalue weighted by Crippen LogP contribution is -2.14. The molecule has 22 heavy (non-hydrogen) atoms. The standard InChI is InChI=1S/C16H13FN2O2S/c17-13-7-9-14(10-8-13)22(20,21)18-15-5-1-2-6-16(15)19-11-3-4-12-19/h1-12,18H. The van der Waals surface area contributed by atoms with Crippen LogP contribution in [0.4, 0.5) is 10.1 Å². The van der Waals surface area contributed by atoms with E-state index in [2.05, 4.69) is 4.72 Å². The van der Waals surface area contributed by atoms with Crippen molar-refractivity contribution in [1.29, 1.82) is 0 Å². The average Bonchev–Trinajstić information content (AvgIpc) is 3.02. The number of anilines is 1. The van der Waals surface area contributed by atoms with Gasteiger partial charge in [-0.25, -0.2) is 12.8 Å². The summed E-state index contributed by atoms with van der Waals surface area (Å²) < 4.78 is 42.1. The predicted octanol–water partition coefficient (Wildman–Crippen LogP) is 3.42. The summed E-state index contributed by atoms with van der Waals surface area (Å²) in [6.45, 7) is 0. The van der Waals surface area contributed by atoms with E-state index in [-0.39, 0.29) is 4.90 Å². The van der Waals surface area contributed by atoms with Crippen LogP contribution >= 0.6 is 0 Å². The van der Waals surface area contributed by atoms with Crippen LogP contribution in [-0.2, 0) is 10.0 Å². The molecule has 6 heteroatoms. The molecule has 0 aliphatic heterocycles. The number of benzene rings is 2.